The number of piperidine rings is 1. The predicted octanol–water partition coefficient (Wildman–Crippen LogP) is 5.93. The van der Waals surface area contributed by atoms with Gasteiger partial charge in [-0.1, -0.05) is 6.58 Å². The van der Waals surface area contributed by atoms with Crippen LogP contribution < -0.4 is 20.1 Å². The summed E-state index contributed by atoms with van der Waals surface area (Å²) in [6.45, 7) is 6.39. The lowest BCUT2D eigenvalue weighted by Crippen LogP contribution is -2.41. The number of fused-ring (bicyclic) bond motifs is 1. The first-order valence-electron chi connectivity index (χ1n) is 14.2. The number of methoxy groups -OCH3 is 1. The summed E-state index contributed by atoms with van der Waals surface area (Å²) in [7, 11) is 1.58. The fraction of sp³-hybridized carbons (Fsp3) is 0.219. The van der Waals surface area contributed by atoms with Crippen molar-refractivity contribution < 1.29 is 23.0 Å². The number of rotatable bonds is 9. The summed E-state index contributed by atoms with van der Waals surface area (Å²) in [5, 5.41) is 11.5. The number of carbonyl (C=O) groups excluding carboxylic acids is 1. The van der Waals surface area contributed by atoms with Gasteiger partial charge in [0.1, 0.15) is 35.3 Å². The van der Waals surface area contributed by atoms with E-state index in [0.717, 1.165) is 18.5 Å². The zero-order valence-electron chi connectivity index (χ0n) is 24.6. The van der Waals surface area contributed by atoms with Gasteiger partial charge in [0.25, 0.3) is 0 Å². The zero-order valence-corrected chi connectivity index (χ0v) is 24.6. The lowest BCUT2D eigenvalue weighted by Gasteiger charge is -2.32. The molecule has 1 amide bonds. The highest BCUT2D eigenvalue weighted by Gasteiger charge is 2.23. The van der Waals surface area contributed by atoms with Crippen LogP contribution in [0, 0.1) is 18.6 Å². The van der Waals surface area contributed by atoms with Crippen molar-refractivity contribution in [3.05, 3.63) is 91.2 Å². The zero-order chi connectivity index (χ0) is 31.5. The molecule has 4 heterocycles. The molecule has 0 unspecified atom stereocenters. The first-order chi connectivity index (χ1) is 21.8. The van der Waals surface area contributed by atoms with Gasteiger partial charge in [0.2, 0.25) is 11.8 Å². The fourth-order valence-electron chi connectivity index (χ4n) is 5.09. The van der Waals surface area contributed by atoms with E-state index < -0.39 is 11.6 Å². The molecule has 230 valence electrons. The van der Waals surface area contributed by atoms with Crippen LogP contribution in [0.15, 0.2) is 73.8 Å². The van der Waals surface area contributed by atoms with Gasteiger partial charge in [0, 0.05) is 55.0 Å². The molecule has 45 heavy (non-hydrogen) atoms. The Labute approximate surface area is 257 Å². The minimum Gasteiger partial charge on any atom is -0.495 e. The van der Waals surface area contributed by atoms with Crippen LogP contribution in [0.2, 0.25) is 0 Å². The number of carbonyl (C=O) groups is 1. The number of nitrogens with zero attached hydrogens (tertiary/aromatic N) is 6. The molecule has 0 bridgehead atoms. The van der Waals surface area contributed by atoms with Crippen molar-refractivity contribution >= 4 is 34.0 Å². The molecule has 2 aromatic carbocycles. The number of nitrogens with one attached hydrogen (secondary N) is 2. The maximum absolute atomic E-state index is 15.3. The second-order valence-corrected chi connectivity index (χ2v) is 10.5. The van der Waals surface area contributed by atoms with Gasteiger partial charge in [-0.05, 0) is 44.0 Å². The molecule has 0 aliphatic carbocycles. The minimum absolute atomic E-state index is 0.0686. The van der Waals surface area contributed by atoms with Gasteiger partial charge in [0.05, 0.1) is 41.6 Å². The van der Waals surface area contributed by atoms with Gasteiger partial charge in [-0.25, -0.2) is 23.4 Å². The Morgan fingerprint density at radius 3 is 2.60 bits per heavy atom. The number of anilines is 3. The number of hydrogen-bond acceptors (Lipinski definition) is 9. The molecular weight excluding hydrogens is 582 g/mol. The van der Waals surface area contributed by atoms with E-state index in [-0.39, 0.29) is 35.0 Å². The van der Waals surface area contributed by atoms with E-state index >= 15 is 4.39 Å². The van der Waals surface area contributed by atoms with Crippen molar-refractivity contribution in [2.45, 2.75) is 25.8 Å². The first-order valence-corrected chi connectivity index (χ1v) is 14.2. The van der Waals surface area contributed by atoms with E-state index in [2.05, 4.69) is 37.3 Å². The maximum atomic E-state index is 15.3. The Kier molecular flexibility index (Phi) is 8.23. The number of ether oxygens (including phenoxy) is 2. The molecule has 1 aliphatic heterocycles. The monoisotopic (exact) mass is 612 g/mol. The van der Waals surface area contributed by atoms with E-state index in [4.69, 9.17) is 9.47 Å². The second kappa shape index (κ2) is 12.6. The van der Waals surface area contributed by atoms with E-state index in [9.17, 15) is 9.18 Å². The van der Waals surface area contributed by atoms with Crippen LogP contribution >= 0.6 is 0 Å². The average Bonchev–Trinajstić information content (AvgIpc) is 3.52. The summed E-state index contributed by atoms with van der Waals surface area (Å²) < 4.78 is 42.0. The maximum Gasteiger partial charge on any atom is 0.245 e. The molecule has 11 nitrogen and oxygen atoms in total. The molecule has 6 rings (SSSR count). The molecule has 0 radical (unpaired) electrons. The van der Waals surface area contributed by atoms with Crippen molar-refractivity contribution in [1.29, 1.82) is 0 Å². The highest BCUT2D eigenvalue weighted by molar-refractivity contribution is 5.95. The number of aryl methyl sites for hydroxylation is 1. The van der Waals surface area contributed by atoms with E-state index in [0.29, 0.717) is 41.2 Å². The minimum atomic E-state index is -0.573. The Bertz CT molecular complexity index is 1890. The van der Waals surface area contributed by atoms with Crippen LogP contribution in [0.3, 0.4) is 0 Å². The van der Waals surface area contributed by atoms with Gasteiger partial charge < -0.3 is 25.0 Å². The van der Waals surface area contributed by atoms with E-state index in [1.807, 2.05) is 6.07 Å². The molecule has 1 fully saturated rings. The smallest absolute Gasteiger partial charge is 0.245 e. The standard InChI is InChI=1S/C32H30F2N8O3/c1-4-31(43)41-10-7-20(8-11-41)38-28-15-23-27(16-29(28)44-3)36-18-37-32(23)39-26-6-5-22(14-25(26)34)45-30-9-12-42(40-30)21-13-24(33)19(2)35-17-21/h4-6,9,12-18,20,38H,1,7-8,10-11H2,2-3H3,(H,36,37,39). The van der Waals surface area contributed by atoms with Crippen molar-refractivity contribution in [3.8, 4) is 23.1 Å². The van der Waals surface area contributed by atoms with Crippen molar-refractivity contribution in [2.75, 3.05) is 30.8 Å². The Balaban J connectivity index is 1.18. The molecule has 0 spiro atoms. The summed E-state index contributed by atoms with van der Waals surface area (Å²) in [4.78, 5) is 26.5. The Hall–Kier alpha value is -5.59. The fourth-order valence-corrected chi connectivity index (χ4v) is 5.09. The normalized spacial score (nSPS) is 13.5. The number of pyridine rings is 1. The molecule has 1 aliphatic rings. The van der Waals surface area contributed by atoms with Crippen molar-refractivity contribution in [3.63, 3.8) is 0 Å². The van der Waals surface area contributed by atoms with Crippen LogP contribution in [0.25, 0.3) is 16.6 Å². The molecule has 13 heteroatoms. The average molecular weight is 613 g/mol. The van der Waals surface area contributed by atoms with Crippen LogP contribution in [-0.2, 0) is 4.79 Å². The molecule has 1 saturated heterocycles. The van der Waals surface area contributed by atoms with Gasteiger partial charge in [-0.2, -0.15) is 0 Å². The van der Waals surface area contributed by atoms with Gasteiger partial charge in [0.15, 0.2) is 0 Å². The van der Waals surface area contributed by atoms with E-state index in [1.54, 1.807) is 43.3 Å². The van der Waals surface area contributed by atoms with E-state index in [1.165, 1.54) is 41.5 Å². The van der Waals surface area contributed by atoms with Gasteiger partial charge in [-0.15, -0.1) is 5.10 Å². The lowest BCUT2D eigenvalue weighted by molar-refractivity contribution is -0.126. The summed E-state index contributed by atoms with van der Waals surface area (Å²) in [6, 6.07) is 11.1. The molecule has 5 aromatic rings. The summed E-state index contributed by atoms with van der Waals surface area (Å²) in [5.74, 6) is 0.346. The SMILES string of the molecule is C=CC(=O)N1CCC(Nc2cc3c(Nc4ccc(Oc5ccn(-c6cnc(C)c(F)c6)n5)cc4F)ncnc3cc2OC)CC1. The number of likely N-dealkylation sites (tertiary alicyclic amines) is 1. The summed E-state index contributed by atoms with van der Waals surface area (Å²) in [6.07, 6.45) is 7.35. The highest BCUT2D eigenvalue weighted by atomic mass is 19.1. The molecule has 0 atom stereocenters. The predicted molar refractivity (Wildman–Crippen MR) is 165 cm³/mol. The largest absolute Gasteiger partial charge is 0.495 e. The number of halogens is 2. The van der Waals surface area contributed by atoms with Crippen LogP contribution in [0.4, 0.5) is 26.0 Å². The van der Waals surface area contributed by atoms with Crippen LogP contribution in [0.5, 0.6) is 17.4 Å². The third-order valence-electron chi connectivity index (χ3n) is 7.55. The third kappa shape index (κ3) is 6.37. The Morgan fingerprint density at radius 1 is 1.04 bits per heavy atom. The Morgan fingerprint density at radius 2 is 1.87 bits per heavy atom. The highest BCUT2D eigenvalue weighted by Crippen LogP contribution is 2.35. The molecular formula is C32H30F2N8O3. The first kappa shape index (κ1) is 29.5. The van der Waals surface area contributed by atoms with Crippen molar-refractivity contribution in [2.24, 2.45) is 0 Å². The third-order valence-corrected chi connectivity index (χ3v) is 7.55. The summed E-state index contributed by atoms with van der Waals surface area (Å²) >= 11 is 0. The molecule has 0 saturated carbocycles. The van der Waals surface area contributed by atoms with Gasteiger partial charge in [-0.3, -0.25) is 9.78 Å². The molecule has 3 aromatic heterocycles. The number of amides is 1. The molecule has 2 N–H and O–H groups in total. The number of benzene rings is 2. The number of aromatic nitrogens is 5. The van der Waals surface area contributed by atoms with Crippen LogP contribution in [-0.4, -0.2) is 61.8 Å². The quantitative estimate of drug-likeness (QED) is 0.195. The van der Waals surface area contributed by atoms with Crippen LogP contribution in [0.1, 0.15) is 18.5 Å². The van der Waals surface area contributed by atoms with Crippen molar-refractivity contribution in [1.82, 2.24) is 29.6 Å². The number of hydrogen-bond donors (Lipinski definition) is 2. The van der Waals surface area contributed by atoms with Gasteiger partial charge >= 0.3 is 0 Å². The lowest BCUT2D eigenvalue weighted by atomic mass is 10.0. The summed E-state index contributed by atoms with van der Waals surface area (Å²) in [5.41, 5.74) is 2.25. The topological polar surface area (TPSA) is 119 Å². The second-order valence-electron chi connectivity index (χ2n) is 10.5.